The summed E-state index contributed by atoms with van der Waals surface area (Å²) < 4.78 is 0. The van der Waals surface area contributed by atoms with E-state index in [9.17, 15) is 9.90 Å². The molecular formula is C8H11NO2S. The van der Waals surface area contributed by atoms with E-state index in [0.29, 0.717) is 6.41 Å². The maximum Gasteiger partial charge on any atom is 0.207 e. The minimum atomic E-state index is -0.610. The molecule has 0 aliphatic carbocycles. The van der Waals surface area contributed by atoms with E-state index < -0.39 is 6.10 Å². The molecule has 12 heavy (non-hydrogen) atoms. The molecule has 3 nitrogen and oxygen atoms in total. The summed E-state index contributed by atoms with van der Waals surface area (Å²) in [4.78, 5) is 10.1. The zero-order chi connectivity index (χ0) is 8.97. The predicted molar refractivity (Wildman–Crippen MR) is 47.9 cm³/mol. The molecule has 2 atom stereocenters. The van der Waals surface area contributed by atoms with Crippen molar-refractivity contribution in [1.82, 2.24) is 5.32 Å². The average Bonchev–Trinajstić information content (AvgIpc) is 2.55. The van der Waals surface area contributed by atoms with Gasteiger partial charge in [-0.3, -0.25) is 4.79 Å². The first-order chi connectivity index (χ1) is 5.75. The zero-order valence-corrected chi connectivity index (χ0v) is 7.54. The topological polar surface area (TPSA) is 49.3 Å². The number of amides is 1. The van der Waals surface area contributed by atoms with Crippen molar-refractivity contribution < 1.29 is 9.90 Å². The largest absolute Gasteiger partial charge is 0.386 e. The van der Waals surface area contributed by atoms with Gasteiger partial charge in [-0.05, 0) is 29.3 Å². The number of hydrogen-bond acceptors (Lipinski definition) is 3. The van der Waals surface area contributed by atoms with Crippen LogP contribution in [0, 0.1) is 0 Å². The van der Waals surface area contributed by atoms with Crippen LogP contribution in [-0.4, -0.2) is 17.6 Å². The molecular weight excluding hydrogens is 174 g/mol. The van der Waals surface area contributed by atoms with Crippen LogP contribution in [0.5, 0.6) is 0 Å². The van der Waals surface area contributed by atoms with Gasteiger partial charge in [-0.15, -0.1) is 0 Å². The van der Waals surface area contributed by atoms with Crippen LogP contribution < -0.4 is 5.32 Å². The van der Waals surface area contributed by atoms with Crippen LogP contribution in [0.2, 0.25) is 0 Å². The van der Waals surface area contributed by atoms with E-state index in [4.69, 9.17) is 0 Å². The minimum Gasteiger partial charge on any atom is -0.386 e. The molecule has 0 saturated heterocycles. The number of aliphatic hydroxyl groups is 1. The lowest BCUT2D eigenvalue weighted by molar-refractivity contribution is -0.110. The Balaban J connectivity index is 2.58. The van der Waals surface area contributed by atoms with Crippen molar-refractivity contribution in [2.45, 2.75) is 19.1 Å². The van der Waals surface area contributed by atoms with Gasteiger partial charge >= 0.3 is 0 Å². The number of hydrogen-bond donors (Lipinski definition) is 2. The Labute approximate surface area is 75.0 Å². The lowest BCUT2D eigenvalue weighted by Crippen LogP contribution is -2.30. The van der Waals surface area contributed by atoms with Crippen molar-refractivity contribution in [2.75, 3.05) is 0 Å². The molecule has 4 heteroatoms. The molecule has 1 aromatic heterocycles. The van der Waals surface area contributed by atoms with Gasteiger partial charge in [0, 0.05) is 0 Å². The number of carbonyl (C=O) groups is 1. The SMILES string of the molecule is CC(NC=O)C(O)c1ccsc1. The molecule has 0 spiro atoms. The van der Waals surface area contributed by atoms with Gasteiger partial charge in [0.05, 0.1) is 12.1 Å². The normalized spacial score (nSPS) is 15.2. The highest BCUT2D eigenvalue weighted by Gasteiger charge is 2.15. The Kier molecular flexibility index (Phi) is 3.25. The van der Waals surface area contributed by atoms with Gasteiger partial charge in [0.1, 0.15) is 0 Å². The first-order valence-corrected chi connectivity index (χ1v) is 4.60. The summed E-state index contributed by atoms with van der Waals surface area (Å²) in [6.07, 6.45) is -0.0123. The number of thiophene rings is 1. The van der Waals surface area contributed by atoms with E-state index >= 15 is 0 Å². The first-order valence-electron chi connectivity index (χ1n) is 3.65. The van der Waals surface area contributed by atoms with Crippen molar-refractivity contribution in [3.8, 4) is 0 Å². The van der Waals surface area contributed by atoms with Crippen molar-refractivity contribution in [3.63, 3.8) is 0 Å². The van der Waals surface area contributed by atoms with Crippen LogP contribution >= 0.6 is 11.3 Å². The van der Waals surface area contributed by atoms with Crippen LogP contribution in [-0.2, 0) is 4.79 Å². The van der Waals surface area contributed by atoms with E-state index in [1.165, 1.54) is 11.3 Å². The second-order valence-electron chi connectivity index (χ2n) is 2.57. The predicted octanol–water partition coefficient (Wildman–Crippen LogP) is 0.916. The summed E-state index contributed by atoms with van der Waals surface area (Å²) in [5, 5.41) is 15.9. The molecule has 0 saturated carbocycles. The summed E-state index contributed by atoms with van der Waals surface area (Å²) in [6.45, 7) is 1.76. The van der Waals surface area contributed by atoms with Gasteiger partial charge in [0.2, 0.25) is 6.41 Å². The molecule has 0 bridgehead atoms. The summed E-state index contributed by atoms with van der Waals surface area (Å²) in [5.74, 6) is 0. The summed E-state index contributed by atoms with van der Waals surface area (Å²) in [7, 11) is 0. The van der Waals surface area contributed by atoms with E-state index in [1.54, 1.807) is 6.92 Å². The third kappa shape index (κ3) is 2.06. The van der Waals surface area contributed by atoms with Gasteiger partial charge in [-0.1, -0.05) is 0 Å². The van der Waals surface area contributed by atoms with Gasteiger partial charge in [0.15, 0.2) is 0 Å². The Morgan fingerprint density at radius 2 is 2.50 bits per heavy atom. The second kappa shape index (κ2) is 4.23. The molecule has 2 unspecified atom stereocenters. The molecule has 0 fully saturated rings. The fourth-order valence-electron chi connectivity index (χ4n) is 0.930. The van der Waals surface area contributed by atoms with E-state index in [1.807, 2.05) is 16.8 Å². The highest BCUT2D eigenvalue weighted by molar-refractivity contribution is 7.07. The molecule has 0 radical (unpaired) electrons. The summed E-state index contributed by atoms with van der Waals surface area (Å²) in [6, 6.07) is 1.61. The molecule has 66 valence electrons. The third-order valence-electron chi connectivity index (χ3n) is 1.69. The van der Waals surface area contributed by atoms with Crippen LogP contribution in [0.15, 0.2) is 16.8 Å². The third-order valence-corrected chi connectivity index (χ3v) is 2.39. The maximum atomic E-state index is 10.1. The molecule has 0 aliphatic heterocycles. The average molecular weight is 185 g/mol. The summed E-state index contributed by atoms with van der Waals surface area (Å²) >= 11 is 1.53. The summed E-state index contributed by atoms with van der Waals surface area (Å²) in [5.41, 5.74) is 0.849. The van der Waals surface area contributed by atoms with E-state index in [-0.39, 0.29) is 6.04 Å². The quantitative estimate of drug-likeness (QED) is 0.685. The number of aliphatic hydroxyl groups excluding tert-OH is 1. The number of nitrogens with one attached hydrogen (secondary N) is 1. The minimum absolute atomic E-state index is 0.239. The molecule has 1 heterocycles. The molecule has 1 aromatic rings. The van der Waals surface area contributed by atoms with Gasteiger partial charge in [-0.2, -0.15) is 11.3 Å². The number of rotatable bonds is 4. The van der Waals surface area contributed by atoms with E-state index in [0.717, 1.165) is 5.56 Å². The van der Waals surface area contributed by atoms with Gasteiger partial charge in [-0.25, -0.2) is 0 Å². The lowest BCUT2D eigenvalue weighted by atomic mass is 10.1. The fraction of sp³-hybridized carbons (Fsp3) is 0.375. The molecule has 0 aromatic carbocycles. The highest BCUT2D eigenvalue weighted by atomic mass is 32.1. The van der Waals surface area contributed by atoms with Gasteiger partial charge in [0.25, 0.3) is 0 Å². The number of carbonyl (C=O) groups excluding carboxylic acids is 1. The van der Waals surface area contributed by atoms with Crippen molar-refractivity contribution in [3.05, 3.63) is 22.4 Å². The molecule has 0 aliphatic rings. The molecule has 2 N–H and O–H groups in total. The van der Waals surface area contributed by atoms with Crippen LogP contribution in [0.1, 0.15) is 18.6 Å². The standard InChI is InChI=1S/C8H11NO2S/c1-6(9-5-10)8(11)7-2-3-12-4-7/h2-6,8,11H,1H3,(H,9,10). The van der Waals surface area contributed by atoms with Crippen molar-refractivity contribution >= 4 is 17.7 Å². The monoisotopic (exact) mass is 185 g/mol. The lowest BCUT2D eigenvalue weighted by Gasteiger charge is -2.16. The van der Waals surface area contributed by atoms with Gasteiger partial charge < -0.3 is 10.4 Å². The molecule has 1 rings (SSSR count). The van der Waals surface area contributed by atoms with Crippen LogP contribution in [0.3, 0.4) is 0 Å². The fourth-order valence-corrected chi connectivity index (χ4v) is 1.62. The van der Waals surface area contributed by atoms with Crippen molar-refractivity contribution in [2.24, 2.45) is 0 Å². The van der Waals surface area contributed by atoms with Crippen LogP contribution in [0.25, 0.3) is 0 Å². The molecule has 1 amide bonds. The Hall–Kier alpha value is -0.870. The first kappa shape index (κ1) is 9.22. The zero-order valence-electron chi connectivity index (χ0n) is 6.73. The Bertz CT molecular complexity index is 235. The van der Waals surface area contributed by atoms with Crippen molar-refractivity contribution in [1.29, 1.82) is 0 Å². The van der Waals surface area contributed by atoms with Crippen LogP contribution in [0.4, 0.5) is 0 Å². The Morgan fingerprint density at radius 1 is 1.75 bits per heavy atom. The maximum absolute atomic E-state index is 10.1. The Morgan fingerprint density at radius 3 is 3.00 bits per heavy atom. The highest BCUT2D eigenvalue weighted by Crippen LogP contribution is 2.18. The second-order valence-corrected chi connectivity index (χ2v) is 3.35. The smallest absolute Gasteiger partial charge is 0.207 e. The van der Waals surface area contributed by atoms with E-state index in [2.05, 4.69) is 5.32 Å².